The predicted molar refractivity (Wildman–Crippen MR) is 129 cm³/mol. The lowest BCUT2D eigenvalue weighted by Crippen LogP contribution is -2.17. The number of hydrogen-bond acceptors (Lipinski definition) is 7. The summed E-state index contributed by atoms with van der Waals surface area (Å²) in [7, 11) is 0. The van der Waals surface area contributed by atoms with Gasteiger partial charge in [0.1, 0.15) is 5.76 Å². The molecule has 176 valence electrons. The summed E-state index contributed by atoms with van der Waals surface area (Å²) < 4.78 is 12.6. The summed E-state index contributed by atoms with van der Waals surface area (Å²) in [5, 5.41) is 8.91. The molecule has 0 saturated carbocycles. The summed E-state index contributed by atoms with van der Waals surface area (Å²) >= 11 is 1.31. The minimum absolute atomic E-state index is 0.130. The van der Waals surface area contributed by atoms with E-state index in [1.165, 1.54) is 11.8 Å². The number of carbonyl (C=O) groups is 2. The SMILES string of the molecule is CCOC(=O)c1c(C)[nH]c(C(=O)[C@H](C)Sc2nnc(-c3ccccc3)n2Cc2ccco2)c1C. The molecule has 9 heteroatoms. The van der Waals surface area contributed by atoms with E-state index in [-0.39, 0.29) is 12.4 Å². The van der Waals surface area contributed by atoms with Crippen LogP contribution in [0.1, 0.15) is 51.7 Å². The summed E-state index contributed by atoms with van der Waals surface area (Å²) in [4.78, 5) is 28.7. The van der Waals surface area contributed by atoms with Crippen LogP contribution >= 0.6 is 11.8 Å². The maximum Gasteiger partial charge on any atom is 0.340 e. The Balaban J connectivity index is 1.63. The third-order valence-electron chi connectivity index (χ3n) is 5.46. The first-order valence-electron chi connectivity index (χ1n) is 11.0. The zero-order chi connectivity index (χ0) is 24.2. The average molecular weight is 479 g/mol. The van der Waals surface area contributed by atoms with Gasteiger partial charge in [-0.2, -0.15) is 0 Å². The summed E-state index contributed by atoms with van der Waals surface area (Å²) in [5.41, 5.74) is 2.94. The fraction of sp³-hybridized carbons (Fsp3) is 0.280. The second kappa shape index (κ2) is 10.1. The highest BCUT2D eigenvalue weighted by Crippen LogP contribution is 2.30. The molecule has 1 N–H and O–H groups in total. The molecule has 0 fully saturated rings. The van der Waals surface area contributed by atoms with Crippen molar-refractivity contribution in [3.05, 3.63) is 77.0 Å². The van der Waals surface area contributed by atoms with Crippen molar-refractivity contribution in [1.29, 1.82) is 0 Å². The minimum Gasteiger partial charge on any atom is -0.467 e. The lowest BCUT2D eigenvalue weighted by Gasteiger charge is -2.12. The first kappa shape index (κ1) is 23.6. The number of esters is 1. The number of ketones is 1. The number of nitrogens with zero attached hydrogens (tertiary/aromatic N) is 3. The third-order valence-corrected chi connectivity index (χ3v) is 6.54. The van der Waals surface area contributed by atoms with Crippen LogP contribution in [0.4, 0.5) is 0 Å². The van der Waals surface area contributed by atoms with E-state index in [2.05, 4.69) is 15.2 Å². The van der Waals surface area contributed by atoms with Crippen molar-refractivity contribution in [2.45, 2.75) is 44.6 Å². The number of nitrogens with one attached hydrogen (secondary N) is 1. The van der Waals surface area contributed by atoms with E-state index in [1.54, 1.807) is 27.0 Å². The molecule has 1 aromatic carbocycles. The van der Waals surface area contributed by atoms with Gasteiger partial charge in [0.25, 0.3) is 0 Å². The van der Waals surface area contributed by atoms with Crippen LogP contribution < -0.4 is 0 Å². The van der Waals surface area contributed by atoms with Crippen molar-refractivity contribution in [2.75, 3.05) is 6.61 Å². The quantitative estimate of drug-likeness (QED) is 0.203. The number of furan rings is 1. The Hall–Kier alpha value is -3.59. The highest BCUT2D eigenvalue weighted by atomic mass is 32.2. The lowest BCUT2D eigenvalue weighted by molar-refractivity contribution is 0.0525. The van der Waals surface area contributed by atoms with E-state index in [4.69, 9.17) is 9.15 Å². The Kier molecular flexibility index (Phi) is 7.02. The van der Waals surface area contributed by atoms with Gasteiger partial charge in [0.05, 0.1) is 35.9 Å². The van der Waals surface area contributed by atoms with Crippen LogP contribution in [-0.2, 0) is 11.3 Å². The van der Waals surface area contributed by atoms with E-state index in [0.29, 0.717) is 40.0 Å². The van der Waals surface area contributed by atoms with Gasteiger partial charge in [-0.25, -0.2) is 4.79 Å². The Morgan fingerprint density at radius 2 is 1.91 bits per heavy atom. The van der Waals surface area contributed by atoms with Gasteiger partial charge < -0.3 is 14.1 Å². The molecule has 0 saturated heterocycles. The molecule has 3 heterocycles. The number of Topliss-reactive ketones (excluding diaryl/α,β-unsaturated/α-hetero) is 1. The number of carbonyl (C=O) groups excluding carboxylic acids is 2. The number of aromatic amines is 1. The number of hydrogen-bond donors (Lipinski definition) is 1. The number of aromatic nitrogens is 4. The van der Waals surface area contributed by atoms with Crippen LogP contribution in [0.15, 0.2) is 58.3 Å². The molecular formula is C25H26N4O4S. The third kappa shape index (κ3) is 4.70. The van der Waals surface area contributed by atoms with E-state index < -0.39 is 11.2 Å². The smallest absolute Gasteiger partial charge is 0.340 e. The van der Waals surface area contributed by atoms with Gasteiger partial charge in [-0.1, -0.05) is 42.1 Å². The monoisotopic (exact) mass is 478 g/mol. The molecule has 0 spiro atoms. The summed E-state index contributed by atoms with van der Waals surface area (Å²) in [6, 6.07) is 13.5. The highest BCUT2D eigenvalue weighted by molar-refractivity contribution is 8.00. The van der Waals surface area contributed by atoms with Crippen molar-refractivity contribution in [2.24, 2.45) is 0 Å². The summed E-state index contributed by atoms with van der Waals surface area (Å²) in [5.74, 6) is 0.886. The zero-order valence-corrected chi connectivity index (χ0v) is 20.3. The number of H-pyrrole nitrogens is 1. The highest BCUT2D eigenvalue weighted by Gasteiger charge is 2.28. The Morgan fingerprint density at radius 3 is 2.59 bits per heavy atom. The molecule has 0 aliphatic carbocycles. The first-order valence-corrected chi connectivity index (χ1v) is 11.9. The van der Waals surface area contributed by atoms with Gasteiger partial charge in [0.2, 0.25) is 0 Å². The number of ether oxygens (including phenoxy) is 1. The topological polar surface area (TPSA) is 103 Å². The average Bonchev–Trinajstić information content (AvgIpc) is 3.55. The van der Waals surface area contributed by atoms with E-state index in [1.807, 2.05) is 54.0 Å². The predicted octanol–water partition coefficient (Wildman–Crippen LogP) is 5.07. The van der Waals surface area contributed by atoms with Crippen LogP contribution in [0.25, 0.3) is 11.4 Å². The molecule has 0 aliphatic heterocycles. The molecule has 4 rings (SSSR count). The van der Waals surface area contributed by atoms with Crippen molar-refractivity contribution < 1.29 is 18.7 Å². The van der Waals surface area contributed by atoms with Crippen molar-refractivity contribution in [1.82, 2.24) is 19.7 Å². The molecule has 34 heavy (non-hydrogen) atoms. The Bertz CT molecular complexity index is 1290. The number of thioether (sulfide) groups is 1. The van der Waals surface area contributed by atoms with Crippen LogP contribution in [0, 0.1) is 13.8 Å². The maximum atomic E-state index is 13.3. The molecule has 0 amide bonds. The standard InChI is InChI=1S/C25H26N4O4S/c1-5-32-24(31)20-15(2)21(26-16(20)3)22(30)17(4)34-25-28-27-23(18-10-7-6-8-11-18)29(25)14-19-12-9-13-33-19/h6-13,17,26H,5,14H2,1-4H3/t17-/m0/s1. The molecule has 0 bridgehead atoms. The van der Waals surface area contributed by atoms with Crippen LogP contribution in [0.3, 0.4) is 0 Å². The maximum absolute atomic E-state index is 13.3. The van der Waals surface area contributed by atoms with E-state index in [9.17, 15) is 9.59 Å². The van der Waals surface area contributed by atoms with Crippen molar-refractivity contribution >= 4 is 23.5 Å². The second-order valence-electron chi connectivity index (χ2n) is 7.81. The van der Waals surface area contributed by atoms with Crippen LogP contribution in [0.5, 0.6) is 0 Å². The zero-order valence-electron chi connectivity index (χ0n) is 19.5. The van der Waals surface area contributed by atoms with Crippen molar-refractivity contribution in [3.63, 3.8) is 0 Å². The second-order valence-corrected chi connectivity index (χ2v) is 9.12. The van der Waals surface area contributed by atoms with Crippen LogP contribution in [-0.4, -0.2) is 43.4 Å². The van der Waals surface area contributed by atoms with Gasteiger partial charge in [-0.3, -0.25) is 9.36 Å². The van der Waals surface area contributed by atoms with E-state index >= 15 is 0 Å². The summed E-state index contributed by atoms with van der Waals surface area (Å²) in [6.07, 6.45) is 1.62. The molecule has 1 atom stereocenters. The number of rotatable bonds is 9. The van der Waals surface area contributed by atoms with Crippen molar-refractivity contribution in [3.8, 4) is 11.4 Å². The lowest BCUT2D eigenvalue weighted by atomic mass is 10.1. The number of aryl methyl sites for hydroxylation is 1. The fourth-order valence-corrected chi connectivity index (χ4v) is 4.71. The Labute approximate surface area is 201 Å². The normalized spacial score (nSPS) is 12.0. The Morgan fingerprint density at radius 1 is 1.15 bits per heavy atom. The fourth-order valence-electron chi connectivity index (χ4n) is 3.80. The van der Waals surface area contributed by atoms with Gasteiger partial charge in [-0.15, -0.1) is 10.2 Å². The number of benzene rings is 1. The molecule has 0 aliphatic rings. The molecule has 4 aromatic rings. The molecule has 0 radical (unpaired) electrons. The van der Waals surface area contributed by atoms with Gasteiger partial charge in [0.15, 0.2) is 16.8 Å². The molecule has 0 unspecified atom stereocenters. The molecule has 3 aromatic heterocycles. The first-order chi connectivity index (χ1) is 16.4. The molecule has 8 nitrogen and oxygen atoms in total. The molecular weight excluding hydrogens is 452 g/mol. The minimum atomic E-state index is -0.477. The van der Waals surface area contributed by atoms with E-state index in [0.717, 1.165) is 11.3 Å². The van der Waals surface area contributed by atoms with Gasteiger partial charge in [-0.05, 0) is 45.4 Å². The largest absolute Gasteiger partial charge is 0.467 e. The van der Waals surface area contributed by atoms with Gasteiger partial charge in [0, 0.05) is 11.3 Å². The van der Waals surface area contributed by atoms with Crippen LogP contribution in [0.2, 0.25) is 0 Å². The van der Waals surface area contributed by atoms with Gasteiger partial charge >= 0.3 is 5.97 Å². The summed E-state index contributed by atoms with van der Waals surface area (Å²) in [6.45, 7) is 7.80.